The molecule has 3 amide bonds. The van der Waals surface area contributed by atoms with Gasteiger partial charge in [-0.1, -0.05) is 62.7 Å². The topological polar surface area (TPSA) is 103 Å². The smallest absolute Gasteiger partial charge is 0.255 e. The highest BCUT2D eigenvalue weighted by atomic mass is 32.1. The zero-order valence-electron chi connectivity index (χ0n) is 22.5. The summed E-state index contributed by atoms with van der Waals surface area (Å²) in [5.74, 6) is -0.868. The molecule has 0 unspecified atom stereocenters. The molecular weight excluding hydrogens is 512 g/mol. The van der Waals surface area contributed by atoms with Crippen LogP contribution in [0.25, 0.3) is 10.4 Å². The number of carbonyl (C=O) groups is 3. The van der Waals surface area contributed by atoms with E-state index in [2.05, 4.69) is 10.3 Å². The van der Waals surface area contributed by atoms with E-state index in [0.717, 1.165) is 27.3 Å². The first kappa shape index (κ1) is 27.0. The molecule has 4 atom stereocenters. The lowest BCUT2D eigenvalue weighted by atomic mass is 9.95. The number of hydrogen-bond donors (Lipinski definition) is 2. The van der Waals surface area contributed by atoms with Crippen LogP contribution in [-0.2, 0) is 22.7 Å². The molecule has 2 aromatic carbocycles. The quantitative estimate of drug-likeness (QED) is 0.448. The third kappa shape index (κ3) is 5.33. The second kappa shape index (κ2) is 11.3. The van der Waals surface area contributed by atoms with Crippen LogP contribution in [0.5, 0.6) is 0 Å². The lowest BCUT2D eigenvalue weighted by molar-refractivity contribution is -0.143. The van der Waals surface area contributed by atoms with Gasteiger partial charge in [-0.05, 0) is 35.6 Å². The number of amides is 3. The lowest BCUT2D eigenvalue weighted by Gasteiger charge is -2.36. The van der Waals surface area contributed by atoms with Crippen molar-refractivity contribution in [2.45, 2.75) is 64.9 Å². The molecule has 5 rings (SSSR count). The number of aromatic nitrogens is 1. The maximum Gasteiger partial charge on any atom is 0.255 e. The molecule has 9 heteroatoms. The number of thiazole rings is 1. The van der Waals surface area contributed by atoms with Gasteiger partial charge in [0.1, 0.15) is 12.1 Å². The Bertz CT molecular complexity index is 1370. The van der Waals surface area contributed by atoms with Crippen LogP contribution >= 0.6 is 11.3 Å². The summed E-state index contributed by atoms with van der Waals surface area (Å²) in [6.45, 7) is 6.67. The Morgan fingerprint density at radius 3 is 2.59 bits per heavy atom. The first-order valence-electron chi connectivity index (χ1n) is 13.4. The van der Waals surface area contributed by atoms with Crippen molar-refractivity contribution in [1.82, 2.24) is 20.1 Å². The summed E-state index contributed by atoms with van der Waals surface area (Å²) in [5, 5.41) is 13.4. The lowest BCUT2D eigenvalue weighted by Crippen LogP contribution is -2.55. The van der Waals surface area contributed by atoms with Gasteiger partial charge in [0, 0.05) is 31.6 Å². The number of likely N-dealkylation sites (tertiary alicyclic amines) is 1. The standard InChI is InChI=1S/C30H34N4O4S/c1-4-18(2)26(34-15-22-7-5-6-8-24(22)29(34)37)30(38)33-16-23(35)13-25(33)28(36)31-14-20-9-11-21(12-10-20)27-19(3)32-17-39-27/h5-12,17-18,23,25-26,35H,4,13-16H2,1-3H3,(H,31,36)/t18-,23+,25-,26-/m0/s1. The number of rotatable bonds is 8. The van der Waals surface area contributed by atoms with E-state index in [-0.39, 0.29) is 36.6 Å². The number of β-amino-alcohol motifs (C(OH)–C–C–N with tert-alkyl or cyclic N) is 1. The molecule has 39 heavy (non-hydrogen) atoms. The monoisotopic (exact) mass is 546 g/mol. The Hall–Kier alpha value is -3.56. The predicted octanol–water partition coefficient (Wildman–Crippen LogP) is 3.77. The van der Waals surface area contributed by atoms with Gasteiger partial charge in [-0.15, -0.1) is 11.3 Å². The van der Waals surface area contributed by atoms with E-state index in [1.807, 2.05) is 68.7 Å². The van der Waals surface area contributed by atoms with Gasteiger partial charge < -0.3 is 20.2 Å². The van der Waals surface area contributed by atoms with Gasteiger partial charge in [0.05, 0.1) is 22.2 Å². The average molecular weight is 547 g/mol. The molecule has 0 radical (unpaired) electrons. The fourth-order valence-electron chi connectivity index (χ4n) is 5.54. The van der Waals surface area contributed by atoms with Crippen molar-refractivity contribution >= 4 is 29.1 Å². The number of benzene rings is 2. The molecule has 3 aromatic rings. The van der Waals surface area contributed by atoms with E-state index in [9.17, 15) is 19.5 Å². The summed E-state index contributed by atoms with van der Waals surface area (Å²) in [6, 6.07) is 13.9. The molecular formula is C30H34N4O4S. The second-order valence-corrected chi connectivity index (χ2v) is 11.4. The van der Waals surface area contributed by atoms with Gasteiger partial charge >= 0.3 is 0 Å². The molecule has 0 saturated carbocycles. The molecule has 2 aliphatic heterocycles. The van der Waals surface area contributed by atoms with Crippen LogP contribution in [0.3, 0.4) is 0 Å². The zero-order chi connectivity index (χ0) is 27.7. The molecule has 2 N–H and O–H groups in total. The van der Waals surface area contributed by atoms with Gasteiger partial charge in [-0.25, -0.2) is 4.98 Å². The minimum atomic E-state index is -0.796. The van der Waals surface area contributed by atoms with Crippen molar-refractivity contribution in [2.24, 2.45) is 5.92 Å². The van der Waals surface area contributed by atoms with E-state index in [4.69, 9.17) is 0 Å². The Morgan fingerprint density at radius 1 is 1.18 bits per heavy atom. The van der Waals surface area contributed by atoms with E-state index >= 15 is 0 Å². The number of fused-ring (bicyclic) bond motifs is 1. The highest BCUT2D eigenvalue weighted by Crippen LogP contribution is 2.31. The molecule has 0 bridgehead atoms. The first-order valence-corrected chi connectivity index (χ1v) is 14.3. The maximum absolute atomic E-state index is 14.0. The van der Waals surface area contributed by atoms with Crippen LogP contribution in [0.4, 0.5) is 0 Å². The summed E-state index contributed by atoms with van der Waals surface area (Å²) < 4.78 is 0. The summed E-state index contributed by atoms with van der Waals surface area (Å²) in [7, 11) is 0. The SMILES string of the molecule is CC[C@H](C)[C@@H](C(=O)N1C[C@H](O)C[C@H]1C(=O)NCc1ccc(-c2scnc2C)cc1)N1Cc2ccccc2C1=O. The third-order valence-corrected chi connectivity index (χ3v) is 8.89. The number of nitrogens with one attached hydrogen (secondary N) is 1. The number of hydrogen-bond acceptors (Lipinski definition) is 6. The molecule has 1 saturated heterocycles. The van der Waals surface area contributed by atoms with Crippen molar-refractivity contribution in [3.63, 3.8) is 0 Å². The van der Waals surface area contributed by atoms with Crippen molar-refractivity contribution in [3.8, 4) is 10.4 Å². The van der Waals surface area contributed by atoms with Crippen LogP contribution in [0.15, 0.2) is 54.0 Å². The fourth-order valence-corrected chi connectivity index (χ4v) is 6.36. The Labute approximate surface area is 232 Å². The predicted molar refractivity (Wildman–Crippen MR) is 150 cm³/mol. The van der Waals surface area contributed by atoms with Crippen molar-refractivity contribution in [1.29, 1.82) is 0 Å². The Morgan fingerprint density at radius 2 is 1.92 bits per heavy atom. The molecule has 8 nitrogen and oxygen atoms in total. The first-order chi connectivity index (χ1) is 18.8. The van der Waals surface area contributed by atoms with Gasteiger partial charge in [0.15, 0.2) is 0 Å². The maximum atomic E-state index is 14.0. The van der Waals surface area contributed by atoms with Crippen molar-refractivity contribution in [2.75, 3.05) is 6.54 Å². The van der Waals surface area contributed by atoms with Gasteiger partial charge in [-0.2, -0.15) is 0 Å². The summed E-state index contributed by atoms with van der Waals surface area (Å²) in [4.78, 5) is 49.1. The van der Waals surface area contributed by atoms with E-state index in [1.54, 1.807) is 22.3 Å². The van der Waals surface area contributed by atoms with Gasteiger partial charge in [0.2, 0.25) is 11.8 Å². The van der Waals surface area contributed by atoms with Crippen LogP contribution in [0, 0.1) is 12.8 Å². The van der Waals surface area contributed by atoms with Crippen LogP contribution in [-0.4, -0.2) is 62.3 Å². The number of aryl methyl sites for hydroxylation is 1. The normalized spacial score (nSPS) is 20.2. The molecule has 0 spiro atoms. The van der Waals surface area contributed by atoms with Crippen molar-refractivity contribution in [3.05, 3.63) is 76.4 Å². The number of aliphatic hydroxyl groups is 1. The third-order valence-electron chi connectivity index (χ3n) is 7.91. The number of aliphatic hydroxyl groups excluding tert-OH is 1. The summed E-state index contributed by atoms with van der Waals surface area (Å²) in [6.07, 6.45) is 0.0688. The molecule has 3 heterocycles. The molecule has 204 valence electrons. The van der Waals surface area contributed by atoms with Crippen LogP contribution in [0.1, 0.15) is 53.9 Å². The fraction of sp³-hybridized carbons (Fsp3) is 0.400. The highest BCUT2D eigenvalue weighted by Gasteiger charge is 2.46. The van der Waals surface area contributed by atoms with Crippen LogP contribution < -0.4 is 5.32 Å². The minimum Gasteiger partial charge on any atom is -0.391 e. The van der Waals surface area contributed by atoms with E-state index < -0.39 is 18.2 Å². The second-order valence-electron chi connectivity index (χ2n) is 10.5. The largest absolute Gasteiger partial charge is 0.391 e. The highest BCUT2D eigenvalue weighted by molar-refractivity contribution is 7.13. The van der Waals surface area contributed by atoms with E-state index in [0.29, 0.717) is 25.1 Å². The molecule has 1 fully saturated rings. The average Bonchev–Trinajstić information content (AvgIpc) is 3.64. The molecule has 0 aliphatic carbocycles. The van der Waals surface area contributed by atoms with Crippen LogP contribution in [0.2, 0.25) is 0 Å². The molecule has 1 aromatic heterocycles. The van der Waals surface area contributed by atoms with Gasteiger partial charge in [-0.3, -0.25) is 14.4 Å². The Balaban J connectivity index is 1.29. The minimum absolute atomic E-state index is 0.0712. The number of carbonyl (C=O) groups excluding carboxylic acids is 3. The number of nitrogens with zero attached hydrogens (tertiary/aromatic N) is 3. The molecule has 2 aliphatic rings. The summed E-state index contributed by atoms with van der Waals surface area (Å²) >= 11 is 1.59. The van der Waals surface area contributed by atoms with Crippen molar-refractivity contribution < 1.29 is 19.5 Å². The zero-order valence-corrected chi connectivity index (χ0v) is 23.3. The van der Waals surface area contributed by atoms with Gasteiger partial charge in [0.25, 0.3) is 5.91 Å². The van der Waals surface area contributed by atoms with E-state index in [1.165, 1.54) is 4.90 Å². The Kier molecular flexibility index (Phi) is 7.81. The summed E-state index contributed by atoms with van der Waals surface area (Å²) in [5.41, 5.74) is 6.34.